The van der Waals surface area contributed by atoms with E-state index in [1.165, 1.54) is 0 Å². The molecule has 3 rings (SSSR count). The standard InChI is InChI=1S/C19H25NO5/c1-5-25-19(22)17-16-11(2)8-15(21)20(18(16)17)10-12-6-7-13(23-3)9-14(12)24-4/h6-7,9,11,16-18H,5,8,10H2,1-4H3/t11-,16-,17-,18-/m1/s1. The molecule has 25 heavy (non-hydrogen) atoms. The molecule has 1 aromatic carbocycles. The molecular formula is C19H25NO5. The number of carbonyl (C=O) groups is 2. The van der Waals surface area contributed by atoms with Crippen molar-refractivity contribution >= 4 is 11.9 Å². The van der Waals surface area contributed by atoms with Gasteiger partial charge in [-0.25, -0.2) is 0 Å². The predicted octanol–water partition coefficient (Wildman–Crippen LogP) is 2.25. The van der Waals surface area contributed by atoms with Gasteiger partial charge in [-0.3, -0.25) is 9.59 Å². The maximum absolute atomic E-state index is 12.6. The lowest BCUT2D eigenvalue weighted by molar-refractivity contribution is -0.145. The fourth-order valence-electron chi connectivity index (χ4n) is 4.00. The molecular weight excluding hydrogens is 322 g/mol. The van der Waals surface area contributed by atoms with E-state index in [1.54, 1.807) is 27.2 Å². The van der Waals surface area contributed by atoms with E-state index in [9.17, 15) is 9.59 Å². The molecule has 1 heterocycles. The van der Waals surface area contributed by atoms with Crippen LogP contribution in [0.15, 0.2) is 18.2 Å². The zero-order valence-electron chi connectivity index (χ0n) is 15.2. The molecule has 1 aliphatic carbocycles. The average molecular weight is 347 g/mol. The Labute approximate surface area is 148 Å². The Morgan fingerprint density at radius 3 is 2.68 bits per heavy atom. The van der Waals surface area contributed by atoms with E-state index in [0.717, 1.165) is 5.56 Å². The molecule has 1 saturated heterocycles. The van der Waals surface area contributed by atoms with Crippen molar-refractivity contribution in [2.24, 2.45) is 17.8 Å². The van der Waals surface area contributed by atoms with Crippen LogP contribution in [0.5, 0.6) is 11.5 Å². The summed E-state index contributed by atoms with van der Waals surface area (Å²) in [5.41, 5.74) is 0.902. The molecule has 0 unspecified atom stereocenters. The molecule has 136 valence electrons. The highest BCUT2D eigenvalue weighted by Crippen LogP contribution is 2.53. The van der Waals surface area contributed by atoms with Gasteiger partial charge in [-0.15, -0.1) is 0 Å². The lowest BCUT2D eigenvalue weighted by Gasteiger charge is -2.30. The van der Waals surface area contributed by atoms with E-state index in [4.69, 9.17) is 14.2 Å². The van der Waals surface area contributed by atoms with Crippen molar-refractivity contribution in [3.63, 3.8) is 0 Å². The predicted molar refractivity (Wildman–Crippen MR) is 91.3 cm³/mol. The minimum atomic E-state index is -0.203. The molecule has 2 fully saturated rings. The molecule has 0 spiro atoms. The van der Waals surface area contributed by atoms with Crippen molar-refractivity contribution in [3.05, 3.63) is 23.8 Å². The summed E-state index contributed by atoms with van der Waals surface area (Å²) >= 11 is 0. The number of rotatable bonds is 6. The fraction of sp³-hybridized carbons (Fsp3) is 0.579. The largest absolute Gasteiger partial charge is 0.497 e. The van der Waals surface area contributed by atoms with Crippen LogP contribution in [0.4, 0.5) is 0 Å². The minimum absolute atomic E-state index is 0.0675. The molecule has 1 saturated carbocycles. The topological polar surface area (TPSA) is 65.1 Å². The second-order valence-corrected chi connectivity index (χ2v) is 6.73. The van der Waals surface area contributed by atoms with E-state index in [1.807, 2.05) is 24.0 Å². The maximum Gasteiger partial charge on any atom is 0.311 e. The summed E-state index contributed by atoms with van der Waals surface area (Å²) in [6.07, 6.45) is 0.468. The first-order chi connectivity index (χ1) is 12.0. The number of carbonyl (C=O) groups excluding carboxylic acids is 2. The van der Waals surface area contributed by atoms with Crippen LogP contribution in [-0.2, 0) is 20.9 Å². The molecule has 6 nitrogen and oxygen atoms in total. The maximum atomic E-state index is 12.6. The monoisotopic (exact) mass is 347 g/mol. The molecule has 1 aliphatic heterocycles. The van der Waals surface area contributed by atoms with Gasteiger partial charge >= 0.3 is 5.97 Å². The Balaban J connectivity index is 1.82. The third-order valence-electron chi connectivity index (χ3n) is 5.26. The molecule has 0 radical (unpaired) electrons. The summed E-state index contributed by atoms with van der Waals surface area (Å²) in [7, 11) is 3.20. The first kappa shape index (κ1) is 17.6. The third kappa shape index (κ3) is 3.17. The van der Waals surface area contributed by atoms with Crippen molar-refractivity contribution in [2.75, 3.05) is 20.8 Å². The normalized spacial score (nSPS) is 27.5. The molecule has 6 heteroatoms. The van der Waals surface area contributed by atoms with Gasteiger partial charge in [0.25, 0.3) is 0 Å². The molecule has 2 aliphatic rings. The van der Waals surface area contributed by atoms with Crippen molar-refractivity contribution in [3.8, 4) is 11.5 Å². The van der Waals surface area contributed by atoms with Gasteiger partial charge in [-0.1, -0.05) is 6.92 Å². The van der Waals surface area contributed by atoms with Crippen molar-refractivity contribution < 1.29 is 23.8 Å². The lowest BCUT2D eigenvalue weighted by Crippen LogP contribution is -2.39. The van der Waals surface area contributed by atoms with E-state index < -0.39 is 0 Å². The van der Waals surface area contributed by atoms with Crippen LogP contribution >= 0.6 is 0 Å². The highest BCUT2D eigenvalue weighted by molar-refractivity contribution is 5.84. The summed E-state index contributed by atoms with van der Waals surface area (Å²) in [6.45, 7) is 4.64. The van der Waals surface area contributed by atoms with Gasteiger partial charge in [-0.05, 0) is 30.9 Å². The number of likely N-dealkylation sites (tertiary alicyclic amines) is 1. The average Bonchev–Trinajstić information content (AvgIpc) is 3.35. The van der Waals surface area contributed by atoms with Crippen molar-refractivity contribution in [1.29, 1.82) is 0 Å². The number of nitrogens with zero attached hydrogens (tertiary/aromatic N) is 1. The number of methoxy groups -OCH3 is 2. The zero-order valence-corrected chi connectivity index (χ0v) is 15.2. The molecule has 1 amide bonds. The molecule has 0 N–H and O–H groups in total. The quantitative estimate of drug-likeness (QED) is 0.739. The number of fused-ring (bicyclic) bond motifs is 1. The smallest absolute Gasteiger partial charge is 0.311 e. The van der Waals surface area contributed by atoms with Gasteiger partial charge in [0, 0.05) is 30.6 Å². The van der Waals surface area contributed by atoms with Crippen LogP contribution in [0.25, 0.3) is 0 Å². The van der Waals surface area contributed by atoms with Crippen molar-refractivity contribution in [1.82, 2.24) is 4.90 Å². The first-order valence-corrected chi connectivity index (χ1v) is 8.68. The van der Waals surface area contributed by atoms with Gasteiger partial charge in [0.05, 0.1) is 26.7 Å². The number of ether oxygens (including phenoxy) is 3. The second kappa shape index (κ2) is 6.94. The van der Waals surface area contributed by atoms with Gasteiger partial charge < -0.3 is 19.1 Å². The van der Waals surface area contributed by atoms with Gasteiger partial charge in [0.1, 0.15) is 11.5 Å². The number of hydrogen-bond donors (Lipinski definition) is 0. The molecule has 4 atom stereocenters. The SMILES string of the molecule is CCOC(=O)[C@@H]1[C@@H]2[C@H]1N(Cc1ccc(OC)cc1OC)C(=O)C[C@H]2C. The molecule has 1 aromatic rings. The fourth-order valence-corrected chi connectivity index (χ4v) is 4.00. The van der Waals surface area contributed by atoms with Crippen molar-refractivity contribution in [2.45, 2.75) is 32.9 Å². The number of piperidine rings is 1. The lowest BCUT2D eigenvalue weighted by atomic mass is 9.96. The summed E-state index contributed by atoms with van der Waals surface area (Å²) in [5.74, 6) is 1.47. The third-order valence-corrected chi connectivity index (χ3v) is 5.26. The number of amides is 1. The van der Waals surface area contributed by atoms with E-state index in [2.05, 4.69) is 0 Å². The summed E-state index contributed by atoms with van der Waals surface area (Å²) in [5, 5.41) is 0. The number of hydrogen-bond acceptors (Lipinski definition) is 5. The Morgan fingerprint density at radius 2 is 2.04 bits per heavy atom. The summed E-state index contributed by atoms with van der Waals surface area (Å²) < 4.78 is 15.9. The second-order valence-electron chi connectivity index (χ2n) is 6.73. The van der Waals surface area contributed by atoms with Gasteiger partial charge in [0.2, 0.25) is 5.91 Å². The van der Waals surface area contributed by atoms with E-state index >= 15 is 0 Å². The highest BCUT2D eigenvalue weighted by atomic mass is 16.5. The minimum Gasteiger partial charge on any atom is -0.497 e. The Hall–Kier alpha value is -2.24. The zero-order chi connectivity index (χ0) is 18.1. The van der Waals surface area contributed by atoms with E-state index in [-0.39, 0.29) is 35.7 Å². The Morgan fingerprint density at radius 1 is 1.28 bits per heavy atom. The molecule has 0 aromatic heterocycles. The van der Waals surface area contributed by atoms with Crippen LogP contribution in [0.2, 0.25) is 0 Å². The van der Waals surface area contributed by atoms with Gasteiger partial charge in [0.15, 0.2) is 0 Å². The molecule has 0 bridgehead atoms. The van der Waals surface area contributed by atoms with Crippen LogP contribution < -0.4 is 9.47 Å². The van der Waals surface area contributed by atoms with Gasteiger partial charge in [-0.2, -0.15) is 0 Å². The van der Waals surface area contributed by atoms with Crippen LogP contribution in [-0.4, -0.2) is 43.6 Å². The van der Waals surface area contributed by atoms with Crippen LogP contribution in [0.1, 0.15) is 25.8 Å². The summed E-state index contributed by atoms with van der Waals surface area (Å²) in [4.78, 5) is 26.6. The van der Waals surface area contributed by atoms with Crippen LogP contribution in [0.3, 0.4) is 0 Å². The van der Waals surface area contributed by atoms with Crippen LogP contribution in [0, 0.1) is 17.8 Å². The summed E-state index contributed by atoms with van der Waals surface area (Å²) in [6, 6.07) is 5.49. The number of esters is 1. The highest BCUT2D eigenvalue weighted by Gasteiger charge is 2.64. The Kier molecular flexibility index (Phi) is 4.88. The first-order valence-electron chi connectivity index (χ1n) is 8.68. The van der Waals surface area contributed by atoms with E-state index in [0.29, 0.717) is 31.1 Å². The Bertz CT molecular complexity index is 674. The number of benzene rings is 1.